The number of nitrogens with zero attached hydrogens (tertiary/aromatic N) is 3. The Hall–Kier alpha value is -8.68. The molecule has 18 nitrogen and oxygen atoms in total. The van der Waals surface area contributed by atoms with Crippen molar-refractivity contribution in [1.82, 2.24) is 4.98 Å². The Labute approximate surface area is 504 Å². The smallest absolute Gasteiger partial charge is 0.330 e. The standard InChI is InChI=1S/C67H73N3O15S/c1-3-61(72)80-41-13-7-5-11-39-78-53-29-33-55(34-30-53)82-63(74)47-19-21-49(22-20-47)65(76)84-57-37-38-59(51(43-57)44-68-70(52-27-17-46(45-71)18-28-52)67-69-58-15-9-10-16-60(58)86-67)85-66(77)50-25-23-48(24-26-50)64(75)83-56-35-31-54(32-36-56)79-40-12-6-8-14-42-81-62(73)4-2/h3-4,9-10,15-18,27-38,43-44,47-50,71H,1-2,5-8,11-14,19-26,39-42,45H2/b68-44+. The Morgan fingerprint density at radius 2 is 0.953 bits per heavy atom. The highest BCUT2D eigenvalue weighted by atomic mass is 32.1. The number of carbonyl (C=O) groups is 6. The first-order valence-corrected chi connectivity index (χ1v) is 30.2. The molecule has 0 spiro atoms. The summed E-state index contributed by atoms with van der Waals surface area (Å²) in [7, 11) is 0. The molecule has 0 aliphatic heterocycles. The van der Waals surface area contributed by atoms with E-state index in [4.69, 9.17) is 48.0 Å². The molecule has 2 saturated carbocycles. The molecule has 0 saturated heterocycles. The number of hydrogen-bond donors (Lipinski definition) is 1. The molecule has 1 heterocycles. The van der Waals surface area contributed by atoms with E-state index in [2.05, 4.69) is 13.2 Å². The maximum absolute atomic E-state index is 14.0. The number of aromatic nitrogens is 1. The van der Waals surface area contributed by atoms with Gasteiger partial charge >= 0.3 is 35.8 Å². The second-order valence-corrected chi connectivity index (χ2v) is 22.0. The van der Waals surface area contributed by atoms with Crippen molar-refractivity contribution in [3.05, 3.63) is 152 Å². The molecule has 2 aliphatic carbocycles. The van der Waals surface area contributed by atoms with E-state index < -0.39 is 47.5 Å². The van der Waals surface area contributed by atoms with E-state index in [0.29, 0.717) is 123 Å². The summed E-state index contributed by atoms with van der Waals surface area (Å²) in [5.41, 5.74) is 2.46. The lowest BCUT2D eigenvalue weighted by Crippen LogP contribution is -2.30. The number of hydrogen-bond acceptors (Lipinski definition) is 19. The molecule has 0 bridgehead atoms. The molecule has 8 rings (SSSR count). The Morgan fingerprint density at radius 3 is 1.42 bits per heavy atom. The number of aliphatic hydroxyl groups excluding tert-OH is 1. The lowest BCUT2D eigenvalue weighted by Gasteiger charge is -2.26. The van der Waals surface area contributed by atoms with Gasteiger partial charge in [0.2, 0.25) is 5.13 Å². The molecule has 2 fully saturated rings. The van der Waals surface area contributed by atoms with Gasteiger partial charge < -0.3 is 43.0 Å². The molecule has 19 heteroatoms. The Kier molecular flexibility index (Phi) is 24.4. The minimum Gasteiger partial charge on any atom is -0.494 e. The number of hydrazone groups is 1. The maximum Gasteiger partial charge on any atom is 0.330 e. The van der Waals surface area contributed by atoms with E-state index in [-0.39, 0.29) is 30.0 Å². The van der Waals surface area contributed by atoms with E-state index in [0.717, 1.165) is 73.7 Å². The van der Waals surface area contributed by atoms with Crippen LogP contribution in [-0.2, 0) is 44.8 Å². The molecular formula is C67H73N3O15S. The highest BCUT2D eigenvalue weighted by molar-refractivity contribution is 7.22. The van der Waals surface area contributed by atoms with Crippen LogP contribution in [0.25, 0.3) is 10.2 Å². The summed E-state index contributed by atoms with van der Waals surface area (Å²) in [5.74, 6) is -1.86. The fourth-order valence-corrected chi connectivity index (χ4v) is 10.9. The van der Waals surface area contributed by atoms with Gasteiger partial charge in [-0.05, 0) is 199 Å². The lowest BCUT2D eigenvalue weighted by atomic mass is 9.82. The van der Waals surface area contributed by atoms with Crippen LogP contribution in [0.5, 0.6) is 34.5 Å². The van der Waals surface area contributed by atoms with Crippen LogP contribution in [0.2, 0.25) is 0 Å². The number of carbonyl (C=O) groups excluding carboxylic acids is 6. The van der Waals surface area contributed by atoms with Crippen LogP contribution < -0.4 is 33.4 Å². The van der Waals surface area contributed by atoms with Crippen molar-refractivity contribution in [3.63, 3.8) is 0 Å². The van der Waals surface area contributed by atoms with Gasteiger partial charge in [-0.25, -0.2) is 19.6 Å². The first-order chi connectivity index (χ1) is 41.9. The second kappa shape index (κ2) is 33.1. The largest absolute Gasteiger partial charge is 0.494 e. The van der Waals surface area contributed by atoms with Crippen LogP contribution in [0.15, 0.2) is 146 Å². The topological polar surface area (TPSA) is 225 Å². The van der Waals surface area contributed by atoms with Crippen LogP contribution in [0.4, 0.5) is 10.8 Å². The number of ether oxygens (including phenoxy) is 8. The average molecular weight is 1190 g/mol. The van der Waals surface area contributed by atoms with Crippen LogP contribution in [0, 0.1) is 23.7 Å². The second-order valence-electron chi connectivity index (χ2n) is 21.0. The van der Waals surface area contributed by atoms with Gasteiger partial charge in [0.15, 0.2) is 0 Å². The zero-order chi connectivity index (χ0) is 60.5. The zero-order valence-electron chi connectivity index (χ0n) is 48.2. The molecule has 2 aliphatic rings. The van der Waals surface area contributed by atoms with Crippen LogP contribution in [0.1, 0.15) is 114 Å². The van der Waals surface area contributed by atoms with E-state index in [1.165, 1.54) is 17.6 Å². The number of aliphatic hydroxyl groups is 1. The van der Waals surface area contributed by atoms with Crippen LogP contribution in [-0.4, -0.2) is 78.5 Å². The summed E-state index contributed by atoms with van der Waals surface area (Å²) in [6, 6.07) is 33.4. The third kappa shape index (κ3) is 19.4. The lowest BCUT2D eigenvalue weighted by molar-refractivity contribution is -0.145. The number of para-hydroxylation sites is 1. The van der Waals surface area contributed by atoms with E-state index in [1.807, 2.05) is 36.4 Å². The van der Waals surface area contributed by atoms with Crippen molar-refractivity contribution in [1.29, 1.82) is 0 Å². The minimum absolute atomic E-state index is 0.143. The summed E-state index contributed by atoms with van der Waals surface area (Å²) in [5, 5.41) is 16.9. The van der Waals surface area contributed by atoms with Crippen molar-refractivity contribution in [3.8, 4) is 34.5 Å². The Bertz CT molecular complexity index is 3220. The molecule has 5 aromatic carbocycles. The van der Waals surface area contributed by atoms with Crippen molar-refractivity contribution in [2.24, 2.45) is 28.8 Å². The maximum atomic E-state index is 14.0. The molecule has 0 amide bonds. The normalized spacial score (nSPS) is 16.5. The molecule has 6 aromatic rings. The molecule has 0 unspecified atom stereocenters. The van der Waals surface area contributed by atoms with Crippen molar-refractivity contribution in [2.75, 3.05) is 31.4 Å². The van der Waals surface area contributed by atoms with Gasteiger partial charge in [0, 0.05) is 17.7 Å². The third-order valence-corrected chi connectivity index (χ3v) is 15.9. The van der Waals surface area contributed by atoms with Crippen molar-refractivity contribution < 1.29 is 71.8 Å². The Balaban J connectivity index is 0.856. The molecule has 0 atom stereocenters. The molecule has 86 heavy (non-hydrogen) atoms. The van der Waals surface area contributed by atoms with Gasteiger partial charge in [0.1, 0.15) is 34.5 Å². The monoisotopic (exact) mass is 1190 g/mol. The van der Waals surface area contributed by atoms with E-state index in [1.54, 1.807) is 83.9 Å². The number of fused-ring (bicyclic) bond motifs is 1. The number of rotatable bonds is 31. The zero-order valence-corrected chi connectivity index (χ0v) is 49.0. The summed E-state index contributed by atoms with van der Waals surface area (Å²) in [4.78, 5) is 81.6. The van der Waals surface area contributed by atoms with Gasteiger partial charge in [-0.15, -0.1) is 0 Å². The quantitative estimate of drug-likeness (QED) is 0.0107. The van der Waals surface area contributed by atoms with Crippen molar-refractivity contribution in [2.45, 2.75) is 109 Å². The van der Waals surface area contributed by atoms with E-state index in [9.17, 15) is 33.9 Å². The summed E-state index contributed by atoms with van der Waals surface area (Å²) in [6.45, 7) is 8.40. The van der Waals surface area contributed by atoms with Gasteiger partial charge in [-0.3, -0.25) is 19.2 Å². The Morgan fingerprint density at radius 1 is 0.523 bits per heavy atom. The van der Waals surface area contributed by atoms with Crippen LogP contribution in [0.3, 0.4) is 0 Å². The number of thiazole rings is 1. The minimum atomic E-state index is -0.508. The highest BCUT2D eigenvalue weighted by Crippen LogP contribution is 2.37. The third-order valence-electron chi connectivity index (χ3n) is 14.9. The first kappa shape index (κ1) is 63.3. The van der Waals surface area contributed by atoms with Gasteiger partial charge in [-0.2, -0.15) is 5.10 Å². The van der Waals surface area contributed by atoms with Crippen molar-refractivity contribution >= 4 is 74.4 Å². The predicted molar refractivity (Wildman–Crippen MR) is 325 cm³/mol. The summed E-state index contributed by atoms with van der Waals surface area (Å²) >= 11 is 1.43. The molecule has 1 N–H and O–H groups in total. The molecule has 1 aromatic heterocycles. The van der Waals surface area contributed by atoms with Gasteiger partial charge in [0.05, 0.1) is 78.8 Å². The van der Waals surface area contributed by atoms with E-state index >= 15 is 0 Å². The summed E-state index contributed by atoms with van der Waals surface area (Å²) < 4.78 is 46.3. The van der Waals surface area contributed by atoms with Gasteiger partial charge in [0.25, 0.3) is 0 Å². The SMILES string of the molecule is C=CC(=O)OCCCCCCOc1ccc(OC(=O)C2CCC(C(=O)Oc3ccc(OC(=O)C4CCC(C(=O)Oc5ccc(OCCCCCCOC(=O)C=C)cc5)CC4)c(/C=N/N(c4ccc(CO)cc4)c4nc5ccccc5s4)c3)CC2)cc1. The number of anilines is 2. The average Bonchev–Trinajstić information content (AvgIpc) is 4.11. The summed E-state index contributed by atoms with van der Waals surface area (Å²) in [6.07, 6.45) is 14.0. The number of benzene rings is 5. The molecule has 452 valence electrons. The predicted octanol–water partition coefficient (Wildman–Crippen LogP) is 12.9. The molecule has 0 radical (unpaired) electrons. The highest BCUT2D eigenvalue weighted by Gasteiger charge is 2.34. The van der Waals surface area contributed by atoms with Crippen LogP contribution >= 0.6 is 11.3 Å². The number of unbranched alkanes of at least 4 members (excludes halogenated alkanes) is 6. The fourth-order valence-electron chi connectivity index (χ4n) is 9.91. The van der Waals surface area contributed by atoms with Gasteiger partial charge in [-0.1, -0.05) is 48.8 Å². The molecular weight excluding hydrogens is 1120 g/mol. The number of esters is 6. The first-order valence-electron chi connectivity index (χ1n) is 29.4. The fraction of sp³-hybridized carbons (Fsp3) is 0.373.